The first-order valence-electron chi connectivity index (χ1n) is 8.23. The number of para-hydroxylation sites is 3. The van der Waals surface area contributed by atoms with Crippen molar-refractivity contribution in [1.29, 1.82) is 0 Å². The molecule has 3 rings (SSSR count). The molecule has 0 bridgehead atoms. The van der Waals surface area contributed by atoms with E-state index in [-0.39, 0.29) is 17.3 Å². The van der Waals surface area contributed by atoms with Crippen molar-refractivity contribution >= 4 is 11.4 Å². The van der Waals surface area contributed by atoms with Crippen molar-refractivity contribution in [3.05, 3.63) is 64.5 Å². The summed E-state index contributed by atoms with van der Waals surface area (Å²) in [6, 6.07) is 13.2. The lowest BCUT2D eigenvalue weighted by Crippen LogP contribution is -2.47. The highest BCUT2D eigenvalue weighted by Gasteiger charge is 2.19. The summed E-state index contributed by atoms with van der Waals surface area (Å²) in [4.78, 5) is 14.8. The van der Waals surface area contributed by atoms with Gasteiger partial charge in [-0.25, -0.2) is 4.39 Å². The van der Waals surface area contributed by atoms with E-state index in [0.29, 0.717) is 18.8 Å². The molecule has 0 aliphatic carbocycles. The Bertz CT molecular complexity index is 733. The van der Waals surface area contributed by atoms with E-state index in [0.717, 1.165) is 26.2 Å². The maximum atomic E-state index is 13.8. The number of nitrogens with zero attached hydrogens (tertiary/aromatic N) is 3. The SMILES string of the molecule is O=[N+]([O-])c1ccccc1OCCN1CCN(c2ccccc2F)CC1. The van der Waals surface area contributed by atoms with Gasteiger partial charge in [0.1, 0.15) is 12.4 Å². The zero-order chi connectivity index (χ0) is 17.6. The average molecular weight is 345 g/mol. The highest BCUT2D eigenvalue weighted by atomic mass is 19.1. The minimum atomic E-state index is -0.442. The molecule has 1 saturated heterocycles. The molecule has 0 amide bonds. The van der Waals surface area contributed by atoms with Gasteiger partial charge in [0.05, 0.1) is 10.6 Å². The maximum Gasteiger partial charge on any atom is 0.310 e. The summed E-state index contributed by atoms with van der Waals surface area (Å²) < 4.78 is 19.4. The monoisotopic (exact) mass is 345 g/mol. The van der Waals surface area contributed by atoms with Gasteiger partial charge >= 0.3 is 5.69 Å². The van der Waals surface area contributed by atoms with Crippen molar-refractivity contribution in [2.24, 2.45) is 0 Å². The number of piperazine rings is 1. The van der Waals surface area contributed by atoms with Crippen molar-refractivity contribution in [2.45, 2.75) is 0 Å². The molecule has 0 saturated carbocycles. The summed E-state index contributed by atoms with van der Waals surface area (Å²) >= 11 is 0. The molecular formula is C18H20FN3O3. The predicted octanol–water partition coefficient (Wildman–Crippen LogP) is 2.93. The van der Waals surface area contributed by atoms with E-state index >= 15 is 0 Å². The van der Waals surface area contributed by atoms with Gasteiger partial charge in [-0.15, -0.1) is 0 Å². The van der Waals surface area contributed by atoms with Crippen molar-refractivity contribution in [1.82, 2.24) is 4.90 Å². The Kier molecular flexibility index (Phi) is 5.45. The number of nitro benzene ring substituents is 1. The van der Waals surface area contributed by atoms with Crippen LogP contribution >= 0.6 is 0 Å². The Labute approximate surface area is 145 Å². The molecule has 0 spiro atoms. The van der Waals surface area contributed by atoms with Crippen LogP contribution in [0.3, 0.4) is 0 Å². The smallest absolute Gasteiger partial charge is 0.310 e. The molecule has 6 nitrogen and oxygen atoms in total. The molecule has 132 valence electrons. The molecule has 1 aliphatic heterocycles. The van der Waals surface area contributed by atoms with Crippen LogP contribution < -0.4 is 9.64 Å². The van der Waals surface area contributed by atoms with Crippen LogP contribution in [0.5, 0.6) is 5.75 Å². The summed E-state index contributed by atoms with van der Waals surface area (Å²) in [6.07, 6.45) is 0. The summed E-state index contributed by atoms with van der Waals surface area (Å²) in [5.74, 6) is 0.0909. The molecule has 2 aromatic carbocycles. The fourth-order valence-corrected chi connectivity index (χ4v) is 2.94. The normalized spacial score (nSPS) is 15.2. The van der Waals surface area contributed by atoms with Crippen LogP contribution in [0.4, 0.5) is 15.8 Å². The fourth-order valence-electron chi connectivity index (χ4n) is 2.94. The molecule has 0 radical (unpaired) electrons. The van der Waals surface area contributed by atoms with E-state index in [4.69, 9.17) is 4.74 Å². The minimum Gasteiger partial charge on any atom is -0.485 e. The number of nitro groups is 1. The first kappa shape index (κ1) is 17.2. The predicted molar refractivity (Wildman–Crippen MR) is 93.6 cm³/mol. The Morgan fingerprint density at radius 3 is 2.44 bits per heavy atom. The molecule has 0 unspecified atom stereocenters. The van der Waals surface area contributed by atoms with Crippen molar-refractivity contribution in [3.8, 4) is 5.75 Å². The van der Waals surface area contributed by atoms with E-state index in [1.165, 1.54) is 12.1 Å². The van der Waals surface area contributed by atoms with Gasteiger partial charge in [-0.1, -0.05) is 24.3 Å². The molecule has 25 heavy (non-hydrogen) atoms. The Balaban J connectivity index is 1.47. The van der Waals surface area contributed by atoms with E-state index in [1.807, 2.05) is 11.0 Å². The van der Waals surface area contributed by atoms with Crippen LogP contribution in [-0.4, -0.2) is 49.2 Å². The number of halogens is 1. The third-order valence-corrected chi connectivity index (χ3v) is 4.29. The van der Waals surface area contributed by atoms with Crippen LogP contribution in [-0.2, 0) is 0 Å². The second kappa shape index (κ2) is 7.94. The lowest BCUT2D eigenvalue weighted by molar-refractivity contribution is -0.385. The topological polar surface area (TPSA) is 58.9 Å². The second-order valence-electron chi connectivity index (χ2n) is 5.85. The third kappa shape index (κ3) is 4.24. The first-order valence-corrected chi connectivity index (χ1v) is 8.23. The van der Waals surface area contributed by atoms with Gasteiger partial charge in [-0.2, -0.15) is 0 Å². The molecule has 1 fully saturated rings. The molecule has 0 N–H and O–H groups in total. The lowest BCUT2D eigenvalue weighted by atomic mass is 10.2. The summed E-state index contributed by atoms with van der Waals surface area (Å²) in [7, 11) is 0. The van der Waals surface area contributed by atoms with Crippen LogP contribution in [0.1, 0.15) is 0 Å². The van der Waals surface area contributed by atoms with E-state index < -0.39 is 4.92 Å². The standard InChI is InChI=1S/C18H20FN3O3/c19-15-5-1-2-6-16(15)21-11-9-20(10-12-21)13-14-25-18-8-4-3-7-17(18)22(23)24/h1-8H,9-14H2. The lowest BCUT2D eigenvalue weighted by Gasteiger charge is -2.36. The number of hydrogen-bond acceptors (Lipinski definition) is 5. The molecule has 7 heteroatoms. The summed E-state index contributed by atoms with van der Waals surface area (Å²) in [5.41, 5.74) is 0.616. The van der Waals surface area contributed by atoms with Crippen LogP contribution in [0.15, 0.2) is 48.5 Å². The van der Waals surface area contributed by atoms with Gasteiger partial charge in [0, 0.05) is 38.8 Å². The molecule has 1 aliphatic rings. The number of anilines is 1. The van der Waals surface area contributed by atoms with Gasteiger partial charge in [0.2, 0.25) is 0 Å². The van der Waals surface area contributed by atoms with Crippen LogP contribution in [0, 0.1) is 15.9 Å². The molecule has 0 atom stereocenters. The second-order valence-corrected chi connectivity index (χ2v) is 5.85. The van der Waals surface area contributed by atoms with Gasteiger partial charge in [0.25, 0.3) is 0 Å². The highest BCUT2D eigenvalue weighted by molar-refractivity contribution is 5.48. The average Bonchev–Trinajstić information content (AvgIpc) is 2.63. The van der Waals surface area contributed by atoms with Crippen molar-refractivity contribution in [2.75, 3.05) is 44.2 Å². The molecular weight excluding hydrogens is 325 g/mol. The maximum absolute atomic E-state index is 13.8. The zero-order valence-electron chi connectivity index (χ0n) is 13.8. The Hall–Kier alpha value is -2.67. The molecule has 0 aromatic heterocycles. The summed E-state index contributed by atoms with van der Waals surface area (Å²) in [6.45, 7) is 4.14. The number of hydrogen-bond donors (Lipinski definition) is 0. The highest BCUT2D eigenvalue weighted by Crippen LogP contribution is 2.25. The minimum absolute atomic E-state index is 0.0214. The number of ether oxygens (including phenoxy) is 1. The van der Waals surface area contributed by atoms with Crippen LogP contribution in [0.25, 0.3) is 0 Å². The van der Waals surface area contributed by atoms with Crippen LogP contribution in [0.2, 0.25) is 0 Å². The fraction of sp³-hybridized carbons (Fsp3) is 0.333. The van der Waals surface area contributed by atoms with Gasteiger partial charge in [-0.3, -0.25) is 15.0 Å². The van der Waals surface area contributed by atoms with E-state index in [9.17, 15) is 14.5 Å². The molecule has 1 heterocycles. The van der Waals surface area contributed by atoms with E-state index in [2.05, 4.69) is 4.90 Å². The Morgan fingerprint density at radius 2 is 1.72 bits per heavy atom. The van der Waals surface area contributed by atoms with Crippen molar-refractivity contribution < 1.29 is 14.1 Å². The van der Waals surface area contributed by atoms with Gasteiger partial charge in [0.15, 0.2) is 5.75 Å². The van der Waals surface area contributed by atoms with Gasteiger partial charge in [-0.05, 0) is 18.2 Å². The Morgan fingerprint density at radius 1 is 1.04 bits per heavy atom. The number of benzene rings is 2. The first-order chi connectivity index (χ1) is 12.1. The third-order valence-electron chi connectivity index (χ3n) is 4.29. The summed E-state index contributed by atoms with van der Waals surface area (Å²) in [5, 5.41) is 11.0. The quantitative estimate of drug-likeness (QED) is 0.595. The molecule has 2 aromatic rings. The van der Waals surface area contributed by atoms with Crippen molar-refractivity contribution in [3.63, 3.8) is 0 Å². The zero-order valence-corrected chi connectivity index (χ0v) is 13.8. The number of rotatable bonds is 6. The van der Waals surface area contributed by atoms with E-state index in [1.54, 1.807) is 30.3 Å². The van der Waals surface area contributed by atoms with Gasteiger partial charge < -0.3 is 9.64 Å². The largest absolute Gasteiger partial charge is 0.485 e.